The van der Waals surface area contributed by atoms with Crippen molar-refractivity contribution in [3.63, 3.8) is 0 Å². The molecule has 0 aliphatic carbocycles. The molecule has 0 bridgehead atoms. The van der Waals surface area contributed by atoms with Gasteiger partial charge in [0.05, 0.1) is 0 Å². The molecule has 12 heavy (non-hydrogen) atoms. The van der Waals surface area contributed by atoms with E-state index < -0.39 is 6.09 Å². The van der Waals surface area contributed by atoms with Crippen molar-refractivity contribution in [1.29, 1.82) is 0 Å². The second kappa shape index (κ2) is 4.30. The van der Waals surface area contributed by atoms with E-state index in [1.165, 1.54) is 0 Å². The predicted octanol–water partition coefficient (Wildman–Crippen LogP) is 0.470. The Morgan fingerprint density at radius 1 is 1.75 bits per heavy atom. The summed E-state index contributed by atoms with van der Waals surface area (Å²) in [7, 11) is 0. The summed E-state index contributed by atoms with van der Waals surface area (Å²) in [5, 5.41) is 3.26. The minimum atomic E-state index is -0.673. The average Bonchev–Trinajstić information content (AvgIpc) is 2.05. The molecular weight excluding hydrogens is 156 g/mol. The van der Waals surface area contributed by atoms with Crippen LogP contribution < -0.4 is 11.1 Å². The van der Waals surface area contributed by atoms with Gasteiger partial charge in [-0.25, -0.2) is 4.79 Å². The predicted molar refractivity (Wildman–Crippen MR) is 45.7 cm³/mol. The number of rotatable bonds is 2. The Morgan fingerprint density at radius 3 is 3.00 bits per heavy atom. The van der Waals surface area contributed by atoms with Gasteiger partial charge in [-0.05, 0) is 26.3 Å². The number of amides is 1. The molecule has 1 amide bonds. The minimum Gasteiger partial charge on any atom is -0.446 e. The molecule has 0 aromatic heterocycles. The van der Waals surface area contributed by atoms with E-state index in [1.807, 2.05) is 6.92 Å². The summed E-state index contributed by atoms with van der Waals surface area (Å²) in [6.45, 7) is 3.89. The molecule has 0 spiro atoms. The molecule has 3 N–H and O–H groups in total. The zero-order valence-corrected chi connectivity index (χ0v) is 7.38. The number of carbonyl (C=O) groups excluding carboxylic acids is 1. The third-order valence-electron chi connectivity index (χ3n) is 2.30. The van der Waals surface area contributed by atoms with E-state index in [2.05, 4.69) is 5.32 Å². The van der Waals surface area contributed by atoms with E-state index in [-0.39, 0.29) is 6.10 Å². The second-order valence-electron chi connectivity index (χ2n) is 3.25. The summed E-state index contributed by atoms with van der Waals surface area (Å²) in [5.41, 5.74) is 4.92. The van der Waals surface area contributed by atoms with Gasteiger partial charge in [0.1, 0.15) is 6.10 Å². The highest BCUT2D eigenvalue weighted by atomic mass is 16.6. The van der Waals surface area contributed by atoms with Crippen LogP contribution in [0.1, 0.15) is 19.8 Å². The summed E-state index contributed by atoms with van der Waals surface area (Å²) in [4.78, 5) is 10.4. The first kappa shape index (κ1) is 9.32. The Balaban J connectivity index is 2.29. The van der Waals surface area contributed by atoms with Crippen molar-refractivity contribution in [3.05, 3.63) is 0 Å². The quantitative estimate of drug-likeness (QED) is 0.636. The Morgan fingerprint density at radius 2 is 2.50 bits per heavy atom. The molecule has 1 heterocycles. The van der Waals surface area contributed by atoms with Gasteiger partial charge in [0.25, 0.3) is 0 Å². The fourth-order valence-electron chi connectivity index (χ4n) is 1.56. The molecule has 2 unspecified atom stereocenters. The lowest BCUT2D eigenvalue weighted by Crippen LogP contribution is -2.38. The molecule has 1 aliphatic heterocycles. The van der Waals surface area contributed by atoms with E-state index in [4.69, 9.17) is 10.5 Å². The molecule has 4 heteroatoms. The lowest BCUT2D eigenvalue weighted by atomic mass is 9.95. The normalized spacial score (nSPS) is 26.2. The summed E-state index contributed by atoms with van der Waals surface area (Å²) >= 11 is 0. The standard InChI is InChI=1S/C8H16N2O2/c1-6(12-8(9)11)7-3-2-4-10-5-7/h6-7,10H,2-5H2,1H3,(H2,9,11). The number of carbonyl (C=O) groups is 1. The summed E-state index contributed by atoms with van der Waals surface area (Å²) in [6, 6.07) is 0. The zero-order chi connectivity index (χ0) is 8.97. The van der Waals surface area contributed by atoms with Crippen LogP contribution in [0.5, 0.6) is 0 Å². The highest BCUT2D eigenvalue weighted by molar-refractivity contribution is 5.64. The molecule has 1 aliphatic rings. The summed E-state index contributed by atoms with van der Waals surface area (Å²) in [6.07, 6.45) is 1.53. The van der Waals surface area contributed by atoms with E-state index in [1.54, 1.807) is 0 Å². The Labute approximate surface area is 72.5 Å². The van der Waals surface area contributed by atoms with Crippen LogP contribution in [0, 0.1) is 5.92 Å². The average molecular weight is 172 g/mol. The first-order chi connectivity index (χ1) is 5.70. The van der Waals surface area contributed by atoms with Crippen molar-refractivity contribution in [3.8, 4) is 0 Å². The van der Waals surface area contributed by atoms with Gasteiger partial charge in [-0.2, -0.15) is 0 Å². The van der Waals surface area contributed by atoms with Crippen molar-refractivity contribution >= 4 is 6.09 Å². The molecule has 0 aromatic carbocycles. The fraction of sp³-hybridized carbons (Fsp3) is 0.875. The summed E-state index contributed by atoms with van der Waals surface area (Å²) in [5.74, 6) is 0.422. The number of piperidine rings is 1. The number of ether oxygens (including phenoxy) is 1. The highest BCUT2D eigenvalue weighted by Gasteiger charge is 2.21. The van der Waals surface area contributed by atoms with Crippen molar-refractivity contribution in [1.82, 2.24) is 5.32 Å². The smallest absolute Gasteiger partial charge is 0.404 e. The first-order valence-corrected chi connectivity index (χ1v) is 4.37. The van der Waals surface area contributed by atoms with Crippen LogP contribution in [0.15, 0.2) is 0 Å². The largest absolute Gasteiger partial charge is 0.446 e. The van der Waals surface area contributed by atoms with Crippen LogP contribution in [-0.4, -0.2) is 25.3 Å². The van der Waals surface area contributed by atoms with Crippen molar-refractivity contribution in [2.45, 2.75) is 25.9 Å². The Hall–Kier alpha value is -0.770. The third-order valence-corrected chi connectivity index (χ3v) is 2.30. The number of hydrogen-bond acceptors (Lipinski definition) is 3. The highest BCUT2D eigenvalue weighted by Crippen LogP contribution is 2.16. The van der Waals surface area contributed by atoms with Crippen LogP contribution in [-0.2, 0) is 4.74 Å². The van der Waals surface area contributed by atoms with E-state index in [9.17, 15) is 4.79 Å². The van der Waals surface area contributed by atoms with E-state index in [0.29, 0.717) is 5.92 Å². The molecule has 4 nitrogen and oxygen atoms in total. The SMILES string of the molecule is CC(OC(N)=O)C1CCCNC1. The number of primary amides is 1. The van der Waals surface area contributed by atoms with Gasteiger partial charge in [0, 0.05) is 12.5 Å². The Bertz CT molecular complexity index is 155. The molecule has 1 saturated heterocycles. The molecule has 1 rings (SSSR count). The van der Waals surface area contributed by atoms with Crippen LogP contribution in [0.3, 0.4) is 0 Å². The molecule has 1 fully saturated rings. The maximum atomic E-state index is 10.4. The topological polar surface area (TPSA) is 64.3 Å². The maximum Gasteiger partial charge on any atom is 0.404 e. The third kappa shape index (κ3) is 2.70. The van der Waals surface area contributed by atoms with E-state index in [0.717, 1.165) is 25.9 Å². The zero-order valence-electron chi connectivity index (χ0n) is 7.38. The lowest BCUT2D eigenvalue weighted by molar-refractivity contribution is 0.0707. The second-order valence-corrected chi connectivity index (χ2v) is 3.25. The van der Waals surface area contributed by atoms with Crippen LogP contribution in [0.25, 0.3) is 0 Å². The molecule has 70 valence electrons. The molecular formula is C8H16N2O2. The number of nitrogens with one attached hydrogen (secondary N) is 1. The maximum absolute atomic E-state index is 10.4. The molecule has 2 atom stereocenters. The van der Waals surface area contributed by atoms with Gasteiger partial charge in [-0.1, -0.05) is 0 Å². The van der Waals surface area contributed by atoms with Crippen molar-refractivity contribution < 1.29 is 9.53 Å². The van der Waals surface area contributed by atoms with Gasteiger partial charge < -0.3 is 15.8 Å². The fourth-order valence-corrected chi connectivity index (χ4v) is 1.56. The van der Waals surface area contributed by atoms with Gasteiger partial charge >= 0.3 is 6.09 Å². The van der Waals surface area contributed by atoms with E-state index >= 15 is 0 Å². The van der Waals surface area contributed by atoms with Gasteiger partial charge in [0.15, 0.2) is 0 Å². The monoisotopic (exact) mass is 172 g/mol. The van der Waals surface area contributed by atoms with Crippen molar-refractivity contribution in [2.75, 3.05) is 13.1 Å². The summed E-state index contributed by atoms with van der Waals surface area (Å²) < 4.78 is 4.89. The van der Waals surface area contributed by atoms with Crippen molar-refractivity contribution in [2.24, 2.45) is 11.7 Å². The van der Waals surface area contributed by atoms with Gasteiger partial charge in [0.2, 0.25) is 0 Å². The number of hydrogen-bond donors (Lipinski definition) is 2. The van der Waals surface area contributed by atoms with Crippen LogP contribution >= 0.6 is 0 Å². The lowest BCUT2D eigenvalue weighted by Gasteiger charge is -2.27. The molecule has 0 aromatic rings. The Kier molecular flexibility index (Phi) is 3.34. The van der Waals surface area contributed by atoms with Gasteiger partial charge in [-0.15, -0.1) is 0 Å². The first-order valence-electron chi connectivity index (χ1n) is 4.37. The van der Waals surface area contributed by atoms with Crippen LogP contribution in [0.2, 0.25) is 0 Å². The van der Waals surface area contributed by atoms with Gasteiger partial charge in [-0.3, -0.25) is 0 Å². The molecule has 0 saturated carbocycles. The number of nitrogens with two attached hydrogens (primary N) is 1. The minimum absolute atomic E-state index is 0.0599. The van der Waals surface area contributed by atoms with Crippen LogP contribution in [0.4, 0.5) is 4.79 Å². The molecule has 0 radical (unpaired) electrons.